The summed E-state index contributed by atoms with van der Waals surface area (Å²) in [5, 5.41) is 31.3. The number of aromatic nitrogens is 5. The smallest absolute Gasteiger partial charge is 0.185 e. The van der Waals surface area contributed by atoms with Crippen molar-refractivity contribution in [3.63, 3.8) is 0 Å². The number of alkyl halides is 1. The van der Waals surface area contributed by atoms with Crippen LogP contribution in [-0.2, 0) is 0 Å². The number of methoxy groups -OCH3 is 1. The highest BCUT2D eigenvalue weighted by molar-refractivity contribution is 5.71. The average molecular weight is 492 g/mol. The van der Waals surface area contributed by atoms with Gasteiger partial charge in [0.1, 0.15) is 23.4 Å². The van der Waals surface area contributed by atoms with Gasteiger partial charge in [-0.05, 0) is 51.2 Å². The van der Waals surface area contributed by atoms with Crippen LogP contribution in [0.5, 0.6) is 11.5 Å². The first-order valence-electron chi connectivity index (χ1n) is 12.6. The van der Waals surface area contributed by atoms with Gasteiger partial charge in [-0.1, -0.05) is 12.5 Å². The van der Waals surface area contributed by atoms with E-state index < -0.39 is 6.17 Å². The number of nitrogens with zero attached hydrogens (tertiary/aromatic N) is 6. The fourth-order valence-corrected chi connectivity index (χ4v) is 5.60. The Morgan fingerprint density at radius 1 is 1.08 bits per heavy atom. The van der Waals surface area contributed by atoms with Crippen LogP contribution in [0.25, 0.3) is 22.6 Å². The molecule has 2 bridgehead atoms. The number of rotatable bonds is 6. The fourth-order valence-electron chi connectivity index (χ4n) is 5.60. The number of nitrogens with one attached hydrogen (secondary N) is 1. The maximum Gasteiger partial charge on any atom is 0.185 e. The SMILES string of the molecule is COc1cc(-c2ccc(-c3ncc(N(C4CC4)[C@@H]4C[C@@H]5CCC[C@@H](N5)[C@@H]4F)nn3)c(O)c2)nnc1C. The van der Waals surface area contributed by atoms with Crippen molar-refractivity contribution < 1.29 is 14.2 Å². The molecule has 6 rings (SSSR count). The number of phenols is 1. The Hall–Kier alpha value is -3.40. The number of halogens is 1. The first-order valence-corrected chi connectivity index (χ1v) is 12.6. The Bertz CT molecular complexity index is 1250. The van der Waals surface area contributed by atoms with Crippen LogP contribution in [0.3, 0.4) is 0 Å². The van der Waals surface area contributed by atoms with Crippen LogP contribution in [-0.4, -0.2) is 67.9 Å². The van der Waals surface area contributed by atoms with E-state index in [1.807, 2.05) is 13.0 Å². The van der Waals surface area contributed by atoms with E-state index in [1.165, 1.54) is 0 Å². The Labute approximate surface area is 209 Å². The number of aryl methyl sites for hydroxylation is 1. The van der Waals surface area contributed by atoms with Gasteiger partial charge in [-0.15, -0.1) is 15.3 Å². The predicted octanol–water partition coefficient (Wildman–Crippen LogP) is 3.61. The molecule has 36 heavy (non-hydrogen) atoms. The molecule has 2 aliphatic heterocycles. The van der Waals surface area contributed by atoms with Crippen molar-refractivity contribution in [3.05, 3.63) is 36.2 Å². The van der Waals surface area contributed by atoms with E-state index in [0.29, 0.717) is 45.9 Å². The second kappa shape index (κ2) is 9.24. The van der Waals surface area contributed by atoms with Crippen LogP contribution < -0.4 is 15.0 Å². The highest BCUT2D eigenvalue weighted by Crippen LogP contribution is 2.39. The van der Waals surface area contributed by atoms with Gasteiger partial charge in [0.25, 0.3) is 0 Å². The minimum absolute atomic E-state index is 0.0115. The molecule has 9 nitrogen and oxygen atoms in total. The van der Waals surface area contributed by atoms with Crippen LogP contribution in [0, 0.1) is 6.92 Å². The molecular weight excluding hydrogens is 461 g/mol. The van der Waals surface area contributed by atoms with Gasteiger partial charge in [-0.25, -0.2) is 9.37 Å². The number of hydrogen-bond donors (Lipinski definition) is 2. The van der Waals surface area contributed by atoms with Gasteiger partial charge >= 0.3 is 0 Å². The average Bonchev–Trinajstić information content (AvgIpc) is 3.73. The quantitative estimate of drug-likeness (QED) is 0.534. The normalized spacial score (nSPS) is 25.4. The summed E-state index contributed by atoms with van der Waals surface area (Å²) >= 11 is 0. The topological polar surface area (TPSA) is 109 Å². The van der Waals surface area contributed by atoms with Crippen molar-refractivity contribution in [1.29, 1.82) is 0 Å². The maximum atomic E-state index is 15.5. The minimum Gasteiger partial charge on any atom is -0.507 e. The highest BCUT2D eigenvalue weighted by Gasteiger charge is 2.46. The molecule has 188 valence electrons. The zero-order chi connectivity index (χ0) is 24.8. The second-order valence-corrected chi connectivity index (χ2v) is 10.0. The lowest BCUT2D eigenvalue weighted by Gasteiger charge is -2.47. The van der Waals surface area contributed by atoms with Crippen LogP contribution in [0.2, 0.25) is 0 Å². The summed E-state index contributed by atoms with van der Waals surface area (Å²) in [6.07, 6.45) is 6.61. The summed E-state index contributed by atoms with van der Waals surface area (Å²) in [7, 11) is 1.58. The third kappa shape index (κ3) is 4.23. The van der Waals surface area contributed by atoms with E-state index in [9.17, 15) is 5.11 Å². The summed E-state index contributed by atoms with van der Waals surface area (Å²) in [6.45, 7) is 1.82. The largest absolute Gasteiger partial charge is 0.507 e. The number of benzene rings is 1. The molecular formula is C26H30FN7O2. The molecule has 2 saturated heterocycles. The van der Waals surface area contributed by atoms with Crippen molar-refractivity contribution in [2.45, 2.75) is 75.8 Å². The Morgan fingerprint density at radius 3 is 2.67 bits per heavy atom. The number of hydrogen-bond acceptors (Lipinski definition) is 9. The van der Waals surface area contributed by atoms with Gasteiger partial charge in [-0.2, -0.15) is 5.10 Å². The highest BCUT2D eigenvalue weighted by atomic mass is 19.1. The number of ether oxygens (including phenoxy) is 1. The first-order chi connectivity index (χ1) is 17.5. The molecule has 3 fully saturated rings. The van der Waals surface area contributed by atoms with Gasteiger partial charge < -0.3 is 20.1 Å². The van der Waals surface area contributed by atoms with Crippen LogP contribution >= 0.6 is 0 Å². The predicted molar refractivity (Wildman–Crippen MR) is 133 cm³/mol. The van der Waals surface area contributed by atoms with Crippen LogP contribution in [0.4, 0.5) is 10.2 Å². The van der Waals surface area contributed by atoms with Crippen molar-refractivity contribution in [2.75, 3.05) is 12.0 Å². The lowest BCUT2D eigenvalue weighted by atomic mass is 9.82. The minimum atomic E-state index is -0.941. The van der Waals surface area contributed by atoms with Crippen LogP contribution in [0.1, 0.15) is 44.2 Å². The molecule has 1 saturated carbocycles. The van der Waals surface area contributed by atoms with Gasteiger partial charge in [0.2, 0.25) is 0 Å². The van der Waals surface area contributed by atoms with E-state index in [4.69, 9.17) is 4.74 Å². The third-order valence-electron chi connectivity index (χ3n) is 7.59. The fraction of sp³-hybridized carbons (Fsp3) is 0.500. The number of piperidine rings is 2. The standard InChI is InChI=1S/C26H30FN7O2/c1-14-23(36-2)12-20(31-30-14)15-6-9-18(22(35)10-15)26-28-13-24(32-33-26)34(17-7-8-17)21-11-16-4-3-5-19(29-16)25(21)27/h6,9-10,12-13,16-17,19,21,25,29,35H,3-5,7-8,11H2,1-2H3/t16-,19+,21+,25-/m0/s1. The van der Waals surface area contributed by atoms with Gasteiger partial charge in [0.15, 0.2) is 11.6 Å². The van der Waals surface area contributed by atoms with Crippen molar-refractivity contribution >= 4 is 5.82 Å². The summed E-state index contributed by atoms with van der Waals surface area (Å²) in [5.41, 5.74) is 2.43. The van der Waals surface area contributed by atoms with Gasteiger partial charge in [-0.3, -0.25) is 0 Å². The zero-order valence-corrected chi connectivity index (χ0v) is 20.4. The molecule has 0 radical (unpaired) electrons. The molecule has 3 aromatic rings. The number of fused-ring (bicyclic) bond motifs is 2. The molecule has 1 aromatic carbocycles. The Kier molecular flexibility index (Phi) is 5.91. The summed E-state index contributed by atoms with van der Waals surface area (Å²) in [5.74, 6) is 1.55. The summed E-state index contributed by atoms with van der Waals surface area (Å²) < 4.78 is 20.8. The molecule has 0 amide bonds. The number of anilines is 1. The maximum absolute atomic E-state index is 15.5. The van der Waals surface area contributed by atoms with Gasteiger partial charge in [0.05, 0.1) is 30.6 Å². The summed E-state index contributed by atoms with van der Waals surface area (Å²) in [6, 6.07) is 7.29. The van der Waals surface area contributed by atoms with Crippen molar-refractivity contribution in [1.82, 2.24) is 30.7 Å². The van der Waals surface area contributed by atoms with E-state index in [-0.39, 0.29) is 23.9 Å². The van der Waals surface area contributed by atoms with E-state index >= 15 is 4.39 Å². The molecule has 0 spiro atoms. The van der Waals surface area contributed by atoms with E-state index in [0.717, 1.165) is 38.5 Å². The molecule has 4 heterocycles. The monoisotopic (exact) mass is 491 g/mol. The first kappa shape index (κ1) is 23.0. The summed E-state index contributed by atoms with van der Waals surface area (Å²) in [4.78, 5) is 6.63. The Morgan fingerprint density at radius 2 is 1.94 bits per heavy atom. The Balaban J connectivity index is 1.25. The van der Waals surface area contributed by atoms with Crippen LogP contribution in [0.15, 0.2) is 30.5 Å². The van der Waals surface area contributed by atoms with Crippen molar-refractivity contribution in [2.24, 2.45) is 0 Å². The van der Waals surface area contributed by atoms with E-state index in [1.54, 1.807) is 31.5 Å². The zero-order valence-electron chi connectivity index (χ0n) is 20.4. The number of phenolic OH excluding ortho intramolecular Hbond substituents is 1. The lowest BCUT2D eigenvalue weighted by Crippen LogP contribution is -2.62. The van der Waals surface area contributed by atoms with Gasteiger partial charge in [0, 0.05) is 29.8 Å². The molecule has 3 aliphatic rings. The molecule has 4 atom stereocenters. The third-order valence-corrected chi connectivity index (χ3v) is 7.59. The second-order valence-electron chi connectivity index (χ2n) is 10.0. The molecule has 2 N–H and O–H groups in total. The molecule has 1 aliphatic carbocycles. The lowest BCUT2D eigenvalue weighted by molar-refractivity contribution is 0.104. The van der Waals surface area contributed by atoms with Crippen molar-refractivity contribution in [3.8, 4) is 34.1 Å². The molecule has 10 heteroatoms. The number of aromatic hydroxyl groups is 1. The molecule has 2 aromatic heterocycles. The molecule has 0 unspecified atom stereocenters. The van der Waals surface area contributed by atoms with E-state index in [2.05, 4.69) is 35.6 Å².